The Morgan fingerprint density at radius 2 is 1.79 bits per heavy atom. The molecule has 2 amide bonds. The minimum Gasteiger partial charge on any atom is -0.394 e. The van der Waals surface area contributed by atoms with Crippen LogP contribution in [0.3, 0.4) is 0 Å². The molecule has 1 aromatic carbocycles. The number of carbonyl (C=O) groups excluding carboxylic acids is 2. The van der Waals surface area contributed by atoms with Crippen molar-refractivity contribution in [1.29, 1.82) is 0 Å². The van der Waals surface area contributed by atoms with Crippen LogP contribution in [0.2, 0.25) is 0 Å². The van der Waals surface area contributed by atoms with E-state index in [9.17, 15) is 14.7 Å². The molecule has 2 N–H and O–H groups in total. The summed E-state index contributed by atoms with van der Waals surface area (Å²) >= 11 is 0. The zero-order valence-corrected chi connectivity index (χ0v) is 16.8. The Balaban J connectivity index is 1.62. The highest BCUT2D eigenvalue weighted by Crippen LogP contribution is 2.19. The van der Waals surface area contributed by atoms with Gasteiger partial charge in [-0.2, -0.15) is 0 Å². The fraction of sp³-hybridized carbons (Fsp3) is 0.429. The first kappa shape index (κ1) is 20.7. The first-order valence-electron chi connectivity index (χ1n) is 9.83. The van der Waals surface area contributed by atoms with Gasteiger partial charge in [0.2, 0.25) is 11.8 Å². The highest BCUT2D eigenvalue weighted by atomic mass is 16.3. The summed E-state index contributed by atoms with van der Waals surface area (Å²) in [5, 5.41) is 12.2. The summed E-state index contributed by atoms with van der Waals surface area (Å²) in [5.74, 6) is 0.737. The number of anilines is 1. The fourth-order valence-corrected chi connectivity index (χ4v) is 3.15. The van der Waals surface area contributed by atoms with E-state index in [1.165, 1.54) is 0 Å². The average molecular weight is 397 g/mol. The standard InChI is InChI=1S/C21H27N5O3/c1-15(2)20(28)23-17(14-27)21(29)26-12-10-25(11-13-26)18-8-9-22-19(24-18)16-6-4-3-5-7-16/h3-9,15,17,27H,10-14H2,1-2H3,(H,23,28)/t17-/m0/s1. The van der Waals surface area contributed by atoms with E-state index in [1.807, 2.05) is 36.4 Å². The van der Waals surface area contributed by atoms with Crippen LogP contribution >= 0.6 is 0 Å². The highest BCUT2D eigenvalue weighted by molar-refractivity contribution is 5.88. The summed E-state index contributed by atoms with van der Waals surface area (Å²) in [4.78, 5) is 37.3. The number of hydrogen-bond donors (Lipinski definition) is 2. The van der Waals surface area contributed by atoms with Gasteiger partial charge in [0.05, 0.1) is 6.61 Å². The van der Waals surface area contributed by atoms with E-state index < -0.39 is 12.6 Å². The van der Waals surface area contributed by atoms with Gasteiger partial charge in [-0.05, 0) is 6.07 Å². The second-order valence-corrected chi connectivity index (χ2v) is 7.32. The van der Waals surface area contributed by atoms with Crippen molar-refractivity contribution in [3.8, 4) is 11.4 Å². The number of hydrogen-bond acceptors (Lipinski definition) is 6. The molecule has 0 aliphatic carbocycles. The Morgan fingerprint density at radius 1 is 1.10 bits per heavy atom. The van der Waals surface area contributed by atoms with Crippen LogP contribution in [0.5, 0.6) is 0 Å². The second-order valence-electron chi connectivity index (χ2n) is 7.32. The van der Waals surface area contributed by atoms with E-state index in [0.717, 1.165) is 11.4 Å². The van der Waals surface area contributed by atoms with Crippen molar-refractivity contribution in [1.82, 2.24) is 20.2 Å². The molecule has 3 rings (SSSR count). The number of aliphatic hydroxyl groups excluding tert-OH is 1. The summed E-state index contributed by atoms with van der Waals surface area (Å²) in [6, 6.07) is 10.7. The van der Waals surface area contributed by atoms with Crippen LogP contribution in [0.1, 0.15) is 13.8 Å². The predicted molar refractivity (Wildman–Crippen MR) is 110 cm³/mol. The fourth-order valence-electron chi connectivity index (χ4n) is 3.15. The molecule has 1 aromatic heterocycles. The van der Waals surface area contributed by atoms with Gasteiger partial charge in [-0.25, -0.2) is 9.97 Å². The van der Waals surface area contributed by atoms with Crippen LogP contribution < -0.4 is 10.2 Å². The Kier molecular flexibility index (Phi) is 6.77. The van der Waals surface area contributed by atoms with Crippen molar-refractivity contribution in [3.05, 3.63) is 42.6 Å². The normalized spacial score (nSPS) is 15.3. The van der Waals surface area contributed by atoms with Gasteiger partial charge in [-0.15, -0.1) is 0 Å². The number of benzene rings is 1. The quantitative estimate of drug-likeness (QED) is 0.752. The molecule has 2 aromatic rings. The Bertz CT molecular complexity index is 835. The highest BCUT2D eigenvalue weighted by Gasteiger charge is 2.29. The van der Waals surface area contributed by atoms with Gasteiger partial charge in [0.1, 0.15) is 11.9 Å². The summed E-state index contributed by atoms with van der Waals surface area (Å²) in [7, 11) is 0. The molecular weight excluding hydrogens is 370 g/mol. The van der Waals surface area contributed by atoms with Crippen molar-refractivity contribution in [2.45, 2.75) is 19.9 Å². The number of nitrogens with one attached hydrogen (secondary N) is 1. The van der Waals surface area contributed by atoms with Gasteiger partial charge < -0.3 is 20.2 Å². The van der Waals surface area contributed by atoms with Gasteiger partial charge in [0.15, 0.2) is 5.82 Å². The summed E-state index contributed by atoms with van der Waals surface area (Å²) in [6.07, 6.45) is 1.74. The smallest absolute Gasteiger partial charge is 0.247 e. The van der Waals surface area contributed by atoms with Crippen LogP contribution in [0.25, 0.3) is 11.4 Å². The topological polar surface area (TPSA) is 98.7 Å². The maximum atomic E-state index is 12.7. The molecule has 1 atom stereocenters. The third-order valence-electron chi connectivity index (χ3n) is 4.91. The molecule has 0 spiro atoms. The number of aromatic nitrogens is 2. The van der Waals surface area contributed by atoms with Crippen LogP contribution in [0, 0.1) is 5.92 Å². The zero-order chi connectivity index (χ0) is 20.8. The zero-order valence-electron chi connectivity index (χ0n) is 16.8. The number of amides is 2. The van der Waals surface area contributed by atoms with Gasteiger partial charge in [0, 0.05) is 43.9 Å². The van der Waals surface area contributed by atoms with Crippen molar-refractivity contribution in [2.75, 3.05) is 37.7 Å². The molecule has 1 aliphatic heterocycles. The lowest BCUT2D eigenvalue weighted by atomic mass is 10.1. The SMILES string of the molecule is CC(C)C(=O)N[C@@H](CO)C(=O)N1CCN(c2ccnc(-c3ccccc3)n2)CC1. The Labute approximate surface area is 170 Å². The number of nitrogens with zero attached hydrogens (tertiary/aromatic N) is 4. The van der Waals surface area contributed by atoms with E-state index in [4.69, 9.17) is 0 Å². The van der Waals surface area contributed by atoms with Crippen LogP contribution in [0.15, 0.2) is 42.6 Å². The van der Waals surface area contributed by atoms with E-state index >= 15 is 0 Å². The summed E-state index contributed by atoms with van der Waals surface area (Å²) < 4.78 is 0. The molecule has 8 heteroatoms. The number of piperazine rings is 1. The molecule has 0 unspecified atom stereocenters. The lowest BCUT2D eigenvalue weighted by Crippen LogP contribution is -2.56. The lowest BCUT2D eigenvalue weighted by Gasteiger charge is -2.37. The molecule has 0 radical (unpaired) electrons. The molecule has 1 aliphatic rings. The Morgan fingerprint density at radius 3 is 2.41 bits per heavy atom. The van der Waals surface area contributed by atoms with E-state index in [2.05, 4.69) is 20.2 Å². The second kappa shape index (κ2) is 9.47. The van der Waals surface area contributed by atoms with Crippen molar-refractivity contribution in [3.63, 3.8) is 0 Å². The number of rotatable bonds is 6. The maximum Gasteiger partial charge on any atom is 0.247 e. The molecule has 0 bridgehead atoms. The molecule has 154 valence electrons. The molecule has 8 nitrogen and oxygen atoms in total. The monoisotopic (exact) mass is 397 g/mol. The average Bonchev–Trinajstić information content (AvgIpc) is 2.77. The molecular formula is C21H27N5O3. The van der Waals surface area contributed by atoms with Crippen molar-refractivity contribution in [2.24, 2.45) is 5.92 Å². The largest absolute Gasteiger partial charge is 0.394 e. The number of carbonyl (C=O) groups is 2. The van der Waals surface area contributed by atoms with Crippen molar-refractivity contribution < 1.29 is 14.7 Å². The predicted octanol–water partition coefficient (Wildman–Crippen LogP) is 0.925. The van der Waals surface area contributed by atoms with Crippen molar-refractivity contribution >= 4 is 17.6 Å². The first-order valence-corrected chi connectivity index (χ1v) is 9.83. The third-order valence-corrected chi connectivity index (χ3v) is 4.91. The van der Waals surface area contributed by atoms with E-state index in [-0.39, 0.29) is 17.7 Å². The summed E-state index contributed by atoms with van der Waals surface area (Å²) in [6.45, 7) is 5.32. The molecule has 1 fully saturated rings. The van der Waals surface area contributed by atoms with Gasteiger partial charge in [-0.3, -0.25) is 9.59 Å². The minimum absolute atomic E-state index is 0.245. The van der Waals surface area contributed by atoms with Crippen LogP contribution in [-0.2, 0) is 9.59 Å². The van der Waals surface area contributed by atoms with Gasteiger partial charge in [-0.1, -0.05) is 44.2 Å². The molecule has 29 heavy (non-hydrogen) atoms. The van der Waals surface area contributed by atoms with Gasteiger partial charge in [0.25, 0.3) is 0 Å². The molecule has 1 saturated heterocycles. The van der Waals surface area contributed by atoms with Gasteiger partial charge >= 0.3 is 0 Å². The van der Waals surface area contributed by atoms with Crippen LogP contribution in [-0.4, -0.2) is 70.6 Å². The van der Waals surface area contributed by atoms with E-state index in [1.54, 1.807) is 24.9 Å². The maximum absolute atomic E-state index is 12.7. The summed E-state index contributed by atoms with van der Waals surface area (Å²) in [5.41, 5.74) is 0.954. The lowest BCUT2D eigenvalue weighted by molar-refractivity contribution is -0.138. The number of aliphatic hydroxyl groups is 1. The molecule has 0 saturated carbocycles. The molecule has 2 heterocycles. The first-order chi connectivity index (χ1) is 14.0. The van der Waals surface area contributed by atoms with E-state index in [0.29, 0.717) is 32.0 Å². The third kappa shape index (κ3) is 5.08. The minimum atomic E-state index is -0.903. The Hall–Kier alpha value is -3.00. The van der Waals surface area contributed by atoms with Crippen LogP contribution in [0.4, 0.5) is 5.82 Å².